The molecule has 2 saturated carbocycles. The topological polar surface area (TPSA) is 73.0 Å². The smallest absolute Gasteiger partial charge is 0.327 e. The number of carbonyl (C=O) groups excluding carboxylic acids is 3. The number of urea groups is 1. The molecule has 0 aromatic heterocycles. The van der Waals surface area contributed by atoms with Crippen LogP contribution in [0.1, 0.15) is 96.1 Å². The van der Waals surface area contributed by atoms with E-state index in [2.05, 4.69) is 10.2 Å². The first-order valence-corrected chi connectivity index (χ1v) is 15.7. The molecule has 1 aromatic rings. The van der Waals surface area contributed by atoms with Gasteiger partial charge in [0, 0.05) is 50.0 Å². The van der Waals surface area contributed by atoms with Gasteiger partial charge in [-0.05, 0) is 83.1 Å². The summed E-state index contributed by atoms with van der Waals surface area (Å²) in [5, 5.41) is 3.21. The molecule has 3 heterocycles. The Hall–Kier alpha value is -2.55. The number of rotatable bonds is 9. The number of nitrogens with one attached hydrogen (secondary N) is 1. The lowest BCUT2D eigenvalue weighted by atomic mass is 9.80. The number of halogens is 2. The Morgan fingerprint density at radius 3 is 2.20 bits per heavy atom. The predicted molar refractivity (Wildman–Crippen MR) is 151 cm³/mol. The number of alkyl halides is 2. The highest BCUT2D eigenvalue weighted by Gasteiger charge is 2.63. The molecule has 6 rings (SSSR count). The summed E-state index contributed by atoms with van der Waals surface area (Å²) in [6.07, 6.45) is 6.19. The molecule has 9 heteroatoms. The van der Waals surface area contributed by atoms with Crippen LogP contribution in [0.2, 0.25) is 0 Å². The molecule has 4 amide bonds. The number of imide groups is 1. The van der Waals surface area contributed by atoms with Crippen molar-refractivity contribution in [3.05, 3.63) is 35.9 Å². The number of nitrogens with zero attached hydrogens (tertiary/aromatic N) is 3. The van der Waals surface area contributed by atoms with Gasteiger partial charge in [-0.3, -0.25) is 19.4 Å². The van der Waals surface area contributed by atoms with Gasteiger partial charge in [0.15, 0.2) is 0 Å². The van der Waals surface area contributed by atoms with Crippen LogP contribution in [-0.4, -0.2) is 75.2 Å². The molecule has 3 aliphatic heterocycles. The van der Waals surface area contributed by atoms with Gasteiger partial charge in [-0.2, -0.15) is 0 Å². The van der Waals surface area contributed by atoms with Crippen LogP contribution >= 0.6 is 0 Å². The monoisotopic (exact) mass is 570 g/mol. The quantitative estimate of drug-likeness (QED) is 0.398. The van der Waals surface area contributed by atoms with Gasteiger partial charge in [-0.25, -0.2) is 13.6 Å². The molecule has 2 aliphatic carbocycles. The van der Waals surface area contributed by atoms with E-state index in [4.69, 9.17) is 0 Å². The summed E-state index contributed by atoms with van der Waals surface area (Å²) >= 11 is 0. The van der Waals surface area contributed by atoms with E-state index in [9.17, 15) is 23.2 Å². The first kappa shape index (κ1) is 28.6. The van der Waals surface area contributed by atoms with E-state index >= 15 is 0 Å². The largest absolute Gasteiger partial charge is 0.349 e. The minimum absolute atomic E-state index is 0.00661. The van der Waals surface area contributed by atoms with Gasteiger partial charge >= 0.3 is 6.03 Å². The van der Waals surface area contributed by atoms with Gasteiger partial charge in [0.25, 0.3) is 5.91 Å². The number of benzene rings is 1. The van der Waals surface area contributed by atoms with Crippen molar-refractivity contribution in [3.63, 3.8) is 0 Å². The summed E-state index contributed by atoms with van der Waals surface area (Å²) in [5.41, 5.74) is 0.263. The zero-order valence-corrected chi connectivity index (χ0v) is 24.4. The number of fused-ring (bicyclic) bond motifs is 2. The highest BCUT2D eigenvalue weighted by atomic mass is 19.3. The van der Waals surface area contributed by atoms with Gasteiger partial charge in [-0.1, -0.05) is 30.3 Å². The lowest BCUT2D eigenvalue weighted by Crippen LogP contribution is -2.61. The van der Waals surface area contributed by atoms with Crippen LogP contribution in [-0.2, 0) is 9.59 Å². The van der Waals surface area contributed by atoms with Gasteiger partial charge in [0.1, 0.15) is 5.54 Å². The normalized spacial score (nSPS) is 31.0. The second kappa shape index (κ2) is 10.9. The predicted octanol–water partition coefficient (Wildman–Crippen LogP) is 5.51. The Bertz CT molecular complexity index is 1130. The Morgan fingerprint density at radius 1 is 0.976 bits per heavy atom. The minimum Gasteiger partial charge on any atom is -0.349 e. The van der Waals surface area contributed by atoms with Gasteiger partial charge < -0.3 is 10.2 Å². The van der Waals surface area contributed by atoms with Crippen LogP contribution in [0, 0.1) is 11.8 Å². The zero-order chi connectivity index (χ0) is 28.9. The number of hydrogen-bond donors (Lipinski definition) is 1. The summed E-state index contributed by atoms with van der Waals surface area (Å²) in [4.78, 5) is 46.5. The van der Waals surface area contributed by atoms with E-state index in [1.54, 1.807) is 4.90 Å². The first-order chi connectivity index (χ1) is 19.6. The third kappa shape index (κ3) is 5.51. The molecule has 1 aromatic carbocycles. The molecular formula is C32H44F2N4O3. The van der Waals surface area contributed by atoms with Crippen molar-refractivity contribution >= 4 is 17.8 Å². The molecule has 224 valence electrons. The van der Waals surface area contributed by atoms with Crippen LogP contribution in [0.25, 0.3) is 0 Å². The first-order valence-electron chi connectivity index (χ1n) is 15.7. The Balaban J connectivity index is 1.15. The molecule has 1 N–H and O–H groups in total. The van der Waals surface area contributed by atoms with Crippen LogP contribution in [0.4, 0.5) is 13.6 Å². The molecular weight excluding hydrogens is 526 g/mol. The second-order valence-corrected chi connectivity index (χ2v) is 13.6. The summed E-state index contributed by atoms with van der Waals surface area (Å²) in [6, 6.07) is 9.94. The molecule has 3 saturated heterocycles. The van der Waals surface area contributed by atoms with Crippen molar-refractivity contribution in [2.45, 2.75) is 120 Å². The van der Waals surface area contributed by atoms with Crippen molar-refractivity contribution in [1.29, 1.82) is 0 Å². The highest BCUT2D eigenvalue weighted by molar-refractivity contribution is 6.07. The second-order valence-electron chi connectivity index (χ2n) is 13.6. The van der Waals surface area contributed by atoms with Crippen molar-refractivity contribution in [2.24, 2.45) is 11.8 Å². The van der Waals surface area contributed by atoms with E-state index < -0.39 is 11.5 Å². The van der Waals surface area contributed by atoms with Crippen molar-refractivity contribution in [3.8, 4) is 0 Å². The molecule has 5 fully saturated rings. The Morgan fingerprint density at radius 2 is 1.61 bits per heavy atom. The molecule has 3 atom stereocenters. The molecule has 41 heavy (non-hydrogen) atoms. The third-order valence-corrected chi connectivity index (χ3v) is 10.4. The summed E-state index contributed by atoms with van der Waals surface area (Å²) in [5.74, 6) is -2.70. The number of amides is 4. The number of carbonyl (C=O) groups is 3. The van der Waals surface area contributed by atoms with Crippen molar-refractivity contribution in [1.82, 2.24) is 20.0 Å². The number of piperidine rings is 1. The van der Waals surface area contributed by atoms with Crippen LogP contribution in [0.5, 0.6) is 0 Å². The summed E-state index contributed by atoms with van der Waals surface area (Å²) in [6.45, 7) is 5.35. The third-order valence-electron chi connectivity index (χ3n) is 10.4. The number of hydrogen-bond acceptors (Lipinski definition) is 4. The SMILES string of the molecule is CC(C)N1C(=O)N(CC2CC2)C(=O)C12CC1CCC(C2)N1CC[C@H](NC(=O)C1CCC(F)(F)CC1)c1ccccc1. The average Bonchev–Trinajstić information content (AvgIpc) is 3.69. The van der Waals surface area contributed by atoms with Gasteiger partial charge in [0.05, 0.1) is 6.04 Å². The maximum Gasteiger partial charge on any atom is 0.327 e. The Labute approximate surface area is 242 Å². The van der Waals surface area contributed by atoms with E-state index in [1.807, 2.05) is 49.1 Å². The van der Waals surface area contributed by atoms with E-state index in [0.717, 1.165) is 37.8 Å². The van der Waals surface area contributed by atoms with Gasteiger partial charge in [-0.15, -0.1) is 0 Å². The molecule has 2 bridgehead atoms. The fourth-order valence-electron chi connectivity index (χ4n) is 8.12. The van der Waals surface area contributed by atoms with Crippen LogP contribution in [0.15, 0.2) is 30.3 Å². The van der Waals surface area contributed by atoms with E-state index in [1.165, 1.54) is 0 Å². The highest BCUT2D eigenvalue weighted by Crippen LogP contribution is 2.49. The van der Waals surface area contributed by atoms with E-state index in [0.29, 0.717) is 31.7 Å². The molecule has 5 aliphatic rings. The summed E-state index contributed by atoms with van der Waals surface area (Å²) in [7, 11) is 0. The molecule has 0 radical (unpaired) electrons. The van der Waals surface area contributed by atoms with Crippen molar-refractivity contribution < 1.29 is 23.2 Å². The van der Waals surface area contributed by atoms with Crippen molar-refractivity contribution in [2.75, 3.05) is 13.1 Å². The fraction of sp³-hybridized carbons (Fsp3) is 0.719. The average molecular weight is 571 g/mol. The van der Waals surface area contributed by atoms with Gasteiger partial charge in [0.2, 0.25) is 11.8 Å². The zero-order valence-electron chi connectivity index (χ0n) is 24.4. The fourth-order valence-corrected chi connectivity index (χ4v) is 8.12. The standard InChI is InChI=1S/C32H44F2N4O3/c1-21(2)38-30(41)37(20-22-8-9-22)29(40)31(38)18-25-10-11-26(19-31)36(25)17-14-27(23-6-4-3-5-7-23)35-28(39)24-12-15-32(33,34)16-13-24/h3-7,21-22,24-27H,8-20H2,1-2H3,(H,35,39)/t25?,26?,27-,31?/m0/s1. The lowest BCUT2D eigenvalue weighted by Gasteiger charge is -2.48. The molecule has 7 nitrogen and oxygen atoms in total. The van der Waals surface area contributed by atoms with Crippen LogP contribution < -0.4 is 5.32 Å². The maximum atomic E-state index is 13.9. The summed E-state index contributed by atoms with van der Waals surface area (Å²) < 4.78 is 27.4. The van der Waals surface area contributed by atoms with E-state index in [-0.39, 0.29) is 73.6 Å². The maximum absolute atomic E-state index is 13.9. The minimum atomic E-state index is -2.66. The molecule has 1 spiro atoms. The Kier molecular flexibility index (Phi) is 7.62. The van der Waals surface area contributed by atoms with Crippen LogP contribution in [0.3, 0.4) is 0 Å². The molecule has 2 unspecified atom stereocenters. The lowest BCUT2D eigenvalue weighted by molar-refractivity contribution is -0.138.